The molecule has 0 aromatic rings. The summed E-state index contributed by atoms with van der Waals surface area (Å²) in [6.45, 7) is 8.38. The van der Waals surface area contributed by atoms with E-state index in [4.69, 9.17) is 9.31 Å². The van der Waals surface area contributed by atoms with Crippen LogP contribution in [0.5, 0.6) is 0 Å². The third-order valence-corrected chi connectivity index (χ3v) is 4.64. The molecule has 0 bridgehead atoms. The summed E-state index contributed by atoms with van der Waals surface area (Å²) < 4.78 is 12.0. The average molecular weight is 240 g/mol. The van der Waals surface area contributed by atoms with Crippen LogP contribution >= 0.6 is 0 Å². The van der Waals surface area contributed by atoms with Gasteiger partial charge in [0, 0.05) is 0 Å². The SMILES string of the molecule is CC1(C)OB(CC2CCC(O)CC2)OC1(C)C. The van der Waals surface area contributed by atoms with Crippen molar-refractivity contribution in [3.8, 4) is 0 Å². The van der Waals surface area contributed by atoms with Crippen LogP contribution in [0, 0.1) is 5.92 Å². The van der Waals surface area contributed by atoms with Gasteiger partial charge in [-0.1, -0.05) is 0 Å². The molecule has 1 aliphatic carbocycles. The fraction of sp³-hybridized carbons (Fsp3) is 1.00. The normalized spacial score (nSPS) is 36.2. The summed E-state index contributed by atoms with van der Waals surface area (Å²) >= 11 is 0. The predicted octanol–water partition coefficient (Wildman–Crippen LogP) is 2.63. The quantitative estimate of drug-likeness (QED) is 0.754. The van der Waals surface area contributed by atoms with Crippen LogP contribution in [-0.4, -0.2) is 29.5 Å². The van der Waals surface area contributed by atoms with Gasteiger partial charge in [0.1, 0.15) is 0 Å². The van der Waals surface area contributed by atoms with Crippen molar-refractivity contribution >= 4 is 7.12 Å². The van der Waals surface area contributed by atoms with E-state index in [1.807, 2.05) is 0 Å². The summed E-state index contributed by atoms with van der Waals surface area (Å²) in [6, 6.07) is 0. The molecule has 2 aliphatic rings. The zero-order chi connectivity index (χ0) is 12.7. The molecule has 2 fully saturated rings. The first kappa shape index (κ1) is 13.4. The third-order valence-electron chi connectivity index (χ3n) is 4.64. The number of rotatable bonds is 2. The van der Waals surface area contributed by atoms with Gasteiger partial charge >= 0.3 is 7.12 Å². The van der Waals surface area contributed by atoms with E-state index in [2.05, 4.69) is 27.7 Å². The van der Waals surface area contributed by atoms with Gasteiger partial charge in [0.25, 0.3) is 0 Å². The van der Waals surface area contributed by atoms with E-state index in [1.54, 1.807) is 0 Å². The van der Waals surface area contributed by atoms with Crippen LogP contribution < -0.4 is 0 Å². The molecule has 1 heterocycles. The molecule has 0 spiro atoms. The fourth-order valence-corrected chi connectivity index (χ4v) is 2.71. The van der Waals surface area contributed by atoms with E-state index in [0.29, 0.717) is 5.92 Å². The van der Waals surface area contributed by atoms with E-state index in [1.165, 1.54) is 0 Å². The van der Waals surface area contributed by atoms with Crippen LogP contribution in [0.25, 0.3) is 0 Å². The molecule has 0 unspecified atom stereocenters. The monoisotopic (exact) mass is 240 g/mol. The van der Waals surface area contributed by atoms with Gasteiger partial charge in [-0.3, -0.25) is 0 Å². The minimum absolute atomic E-state index is 0.0692. The first-order valence-electron chi connectivity index (χ1n) is 6.84. The molecule has 98 valence electrons. The fourth-order valence-electron chi connectivity index (χ4n) is 2.71. The van der Waals surface area contributed by atoms with Crippen molar-refractivity contribution in [2.24, 2.45) is 5.92 Å². The van der Waals surface area contributed by atoms with Gasteiger partial charge in [-0.25, -0.2) is 0 Å². The second-order valence-corrected chi connectivity index (χ2v) is 6.60. The Morgan fingerprint density at radius 2 is 1.47 bits per heavy atom. The maximum absolute atomic E-state index is 9.49. The third kappa shape index (κ3) is 2.86. The Bertz CT molecular complexity index is 254. The summed E-state index contributed by atoms with van der Waals surface area (Å²) in [4.78, 5) is 0. The number of aliphatic hydroxyl groups is 1. The minimum atomic E-state index is -0.216. The van der Waals surface area contributed by atoms with Gasteiger partial charge in [0.05, 0.1) is 17.3 Å². The van der Waals surface area contributed by atoms with E-state index in [9.17, 15) is 5.11 Å². The number of hydrogen-bond acceptors (Lipinski definition) is 3. The lowest BCUT2D eigenvalue weighted by atomic mass is 9.71. The van der Waals surface area contributed by atoms with Gasteiger partial charge in [-0.15, -0.1) is 0 Å². The van der Waals surface area contributed by atoms with E-state index < -0.39 is 0 Å². The van der Waals surface area contributed by atoms with Gasteiger partial charge in [0.2, 0.25) is 0 Å². The summed E-state index contributed by atoms with van der Waals surface area (Å²) in [5, 5.41) is 9.49. The van der Waals surface area contributed by atoms with Crippen molar-refractivity contribution in [3.63, 3.8) is 0 Å². The van der Waals surface area contributed by atoms with Gasteiger partial charge in [-0.2, -0.15) is 0 Å². The number of hydrogen-bond donors (Lipinski definition) is 1. The minimum Gasteiger partial charge on any atom is -0.403 e. The summed E-state index contributed by atoms with van der Waals surface area (Å²) in [6.07, 6.45) is 4.97. The van der Waals surface area contributed by atoms with Crippen LogP contribution in [0.2, 0.25) is 6.32 Å². The Balaban J connectivity index is 1.86. The van der Waals surface area contributed by atoms with Crippen LogP contribution in [0.3, 0.4) is 0 Å². The molecule has 1 N–H and O–H groups in total. The van der Waals surface area contributed by atoms with E-state index in [0.717, 1.165) is 32.0 Å². The lowest BCUT2D eigenvalue weighted by Crippen LogP contribution is -2.41. The maximum Gasteiger partial charge on any atom is 0.458 e. The Kier molecular flexibility index (Phi) is 3.59. The second kappa shape index (κ2) is 4.56. The Morgan fingerprint density at radius 1 is 1.00 bits per heavy atom. The van der Waals surface area contributed by atoms with Crippen molar-refractivity contribution in [3.05, 3.63) is 0 Å². The summed E-state index contributed by atoms with van der Waals surface area (Å²) in [5.74, 6) is 0.646. The van der Waals surface area contributed by atoms with E-state index in [-0.39, 0.29) is 24.4 Å². The first-order chi connectivity index (χ1) is 7.80. The maximum atomic E-state index is 9.49. The molecule has 2 rings (SSSR count). The zero-order valence-corrected chi connectivity index (χ0v) is 11.5. The second-order valence-electron chi connectivity index (χ2n) is 6.60. The van der Waals surface area contributed by atoms with Crippen molar-refractivity contribution < 1.29 is 14.4 Å². The largest absolute Gasteiger partial charge is 0.458 e. The van der Waals surface area contributed by atoms with Crippen LogP contribution in [0.15, 0.2) is 0 Å². The molecule has 0 aromatic heterocycles. The molecule has 1 saturated heterocycles. The number of aliphatic hydroxyl groups excluding tert-OH is 1. The molecule has 3 nitrogen and oxygen atoms in total. The molecule has 1 aliphatic heterocycles. The Labute approximate surface area is 105 Å². The molecular weight excluding hydrogens is 215 g/mol. The smallest absolute Gasteiger partial charge is 0.403 e. The van der Waals surface area contributed by atoms with Crippen LogP contribution in [-0.2, 0) is 9.31 Å². The summed E-state index contributed by atoms with van der Waals surface area (Å²) in [7, 11) is -0.0692. The van der Waals surface area contributed by atoms with Crippen LogP contribution in [0.4, 0.5) is 0 Å². The van der Waals surface area contributed by atoms with Crippen molar-refractivity contribution in [1.29, 1.82) is 0 Å². The molecule has 4 heteroatoms. The molecule has 0 atom stereocenters. The highest BCUT2D eigenvalue weighted by molar-refractivity contribution is 6.45. The average Bonchev–Trinajstić information content (AvgIpc) is 2.39. The van der Waals surface area contributed by atoms with Gasteiger partial charge < -0.3 is 14.4 Å². The molecule has 1 saturated carbocycles. The highest BCUT2D eigenvalue weighted by Crippen LogP contribution is 2.40. The predicted molar refractivity (Wildman–Crippen MR) is 68.9 cm³/mol. The Morgan fingerprint density at radius 3 is 1.94 bits per heavy atom. The van der Waals surface area contributed by atoms with Gasteiger partial charge in [-0.05, 0) is 65.6 Å². The van der Waals surface area contributed by atoms with Crippen molar-refractivity contribution in [2.45, 2.75) is 77.0 Å². The van der Waals surface area contributed by atoms with Crippen molar-refractivity contribution in [2.75, 3.05) is 0 Å². The summed E-state index contributed by atoms with van der Waals surface area (Å²) in [5.41, 5.74) is -0.433. The first-order valence-corrected chi connectivity index (χ1v) is 6.84. The Hall–Kier alpha value is -0.0551. The molecule has 0 aromatic carbocycles. The van der Waals surface area contributed by atoms with Crippen molar-refractivity contribution in [1.82, 2.24) is 0 Å². The molecular formula is C13H25BO3. The molecule has 0 radical (unpaired) electrons. The standard InChI is InChI=1S/C13H25BO3/c1-12(2)13(3,4)17-14(16-12)9-10-5-7-11(15)8-6-10/h10-11,15H,5-9H2,1-4H3. The highest BCUT2D eigenvalue weighted by Gasteiger charge is 2.51. The lowest BCUT2D eigenvalue weighted by Gasteiger charge is -2.32. The topological polar surface area (TPSA) is 38.7 Å². The molecule has 0 amide bonds. The van der Waals surface area contributed by atoms with E-state index >= 15 is 0 Å². The van der Waals surface area contributed by atoms with Crippen LogP contribution in [0.1, 0.15) is 53.4 Å². The lowest BCUT2D eigenvalue weighted by molar-refractivity contribution is 0.00578. The van der Waals surface area contributed by atoms with Gasteiger partial charge in [0.15, 0.2) is 0 Å². The zero-order valence-electron chi connectivity index (χ0n) is 11.5. The molecule has 17 heavy (non-hydrogen) atoms. The highest BCUT2D eigenvalue weighted by atomic mass is 16.7.